The Bertz CT molecular complexity index is 155. The summed E-state index contributed by atoms with van der Waals surface area (Å²) in [6.45, 7) is -0.0337. The second-order valence-corrected chi connectivity index (χ2v) is 2.40. The van der Waals surface area contributed by atoms with E-state index in [9.17, 15) is 13.2 Å². The maximum absolute atomic E-state index is 9.78. The van der Waals surface area contributed by atoms with Crippen molar-refractivity contribution in [1.82, 2.24) is 5.32 Å². The van der Waals surface area contributed by atoms with Crippen molar-refractivity contribution in [3.05, 3.63) is 0 Å². The maximum atomic E-state index is 9.78. The molecule has 0 aromatic heterocycles. The molecule has 0 aliphatic carbocycles. The zero-order chi connectivity index (χ0) is 7.28. The molecule has 0 saturated carbocycles. The van der Waals surface area contributed by atoms with Gasteiger partial charge in [-0.1, -0.05) is 0 Å². The Morgan fingerprint density at radius 1 is 1.56 bits per heavy atom. The van der Waals surface area contributed by atoms with Gasteiger partial charge in [0.05, 0.1) is 5.75 Å². The molecule has 0 rings (SSSR count). The fourth-order valence-electron chi connectivity index (χ4n) is 0.254. The standard InChI is InChI=1S/C3H7NO4S/c5-3(6)4-1-2-9(7)8/h4,9H,1-2H2,(H,5,6). The van der Waals surface area contributed by atoms with E-state index in [4.69, 9.17) is 5.11 Å². The molecule has 5 nitrogen and oxygen atoms in total. The first-order chi connectivity index (χ1) is 4.13. The van der Waals surface area contributed by atoms with Crippen molar-refractivity contribution in [1.29, 1.82) is 0 Å². The van der Waals surface area contributed by atoms with Crippen LogP contribution in [-0.4, -0.2) is 31.9 Å². The van der Waals surface area contributed by atoms with E-state index in [1.165, 1.54) is 0 Å². The molecule has 0 heterocycles. The molecule has 0 unspecified atom stereocenters. The smallest absolute Gasteiger partial charge is 0.404 e. The van der Waals surface area contributed by atoms with E-state index < -0.39 is 16.8 Å². The van der Waals surface area contributed by atoms with Gasteiger partial charge in [-0.05, 0) is 0 Å². The molecule has 0 fully saturated rings. The van der Waals surface area contributed by atoms with Crippen molar-refractivity contribution in [2.24, 2.45) is 0 Å². The van der Waals surface area contributed by atoms with Crippen molar-refractivity contribution < 1.29 is 18.3 Å². The van der Waals surface area contributed by atoms with Crippen LogP contribution in [0.3, 0.4) is 0 Å². The quantitative estimate of drug-likeness (QED) is 0.448. The van der Waals surface area contributed by atoms with Gasteiger partial charge in [0, 0.05) is 6.54 Å². The number of hydrogen-bond acceptors (Lipinski definition) is 3. The van der Waals surface area contributed by atoms with Crippen LogP contribution in [0.2, 0.25) is 0 Å². The summed E-state index contributed by atoms with van der Waals surface area (Å²) in [4.78, 5) is 9.67. The fraction of sp³-hybridized carbons (Fsp3) is 0.667. The van der Waals surface area contributed by atoms with Crippen molar-refractivity contribution in [2.75, 3.05) is 12.3 Å². The minimum atomic E-state index is -2.46. The highest BCUT2D eigenvalue weighted by molar-refractivity contribution is 7.72. The van der Waals surface area contributed by atoms with E-state index in [-0.39, 0.29) is 12.3 Å². The van der Waals surface area contributed by atoms with Crippen LogP contribution in [0.4, 0.5) is 4.79 Å². The van der Waals surface area contributed by atoms with Gasteiger partial charge in [-0.3, -0.25) is 0 Å². The maximum Gasteiger partial charge on any atom is 0.404 e. The lowest BCUT2D eigenvalue weighted by Gasteiger charge is -1.92. The molecule has 0 aliphatic rings. The van der Waals surface area contributed by atoms with E-state index in [0.29, 0.717) is 0 Å². The molecular formula is C3H7NO4S. The molecule has 0 aromatic carbocycles. The molecule has 1 amide bonds. The van der Waals surface area contributed by atoms with Crippen LogP contribution in [0.5, 0.6) is 0 Å². The Morgan fingerprint density at radius 2 is 2.11 bits per heavy atom. The number of rotatable bonds is 3. The zero-order valence-corrected chi connectivity index (χ0v) is 5.43. The first-order valence-electron chi connectivity index (χ1n) is 2.21. The van der Waals surface area contributed by atoms with Gasteiger partial charge in [-0.25, -0.2) is 13.2 Å². The van der Waals surface area contributed by atoms with Crippen LogP contribution in [0.15, 0.2) is 0 Å². The summed E-state index contributed by atoms with van der Waals surface area (Å²) >= 11 is 0. The number of carbonyl (C=O) groups is 1. The Labute approximate surface area is 53.6 Å². The zero-order valence-electron chi connectivity index (χ0n) is 4.53. The number of hydrogen-bond donors (Lipinski definition) is 3. The van der Waals surface area contributed by atoms with E-state index >= 15 is 0 Å². The molecule has 0 bridgehead atoms. The highest BCUT2D eigenvalue weighted by Gasteiger charge is 1.91. The average molecular weight is 153 g/mol. The molecule has 0 radical (unpaired) electrons. The van der Waals surface area contributed by atoms with Crippen molar-refractivity contribution in [3.8, 4) is 0 Å². The number of thiol groups is 1. The van der Waals surface area contributed by atoms with Gasteiger partial charge in [0.2, 0.25) is 0 Å². The molecule has 0 spiro atoms. The van der Waals surface area contributed by atoms with Crippen LogP contribution in [0.1, 0.15) is 0 Å². The lowest BCUT2D eigenvalue weighted by atomic mass is 10.7. The van der Waals surface area contributed by atoms with Gasteiger partial charge in [0.25, 0.3) is 0 Å². The minimum Gasteiger partial charge on any atom is -0.465 e. The summed E-state index contributed by atoms with van der Waals surface area (Å²) in [7, 11) is -2.46. The topological polar surface area (TPSA) is 83.5 Å². The summed E-state index contributed by atoms with van der Waals surface area (Å²) in [6, 6.07) is 0. The fourth-order valence-corrected chi connectivity index (χ4v) is 0.548. The molecule has 0 aromatic rings. The molecule has 54 valence electrons. The summed E-state index contributed by atoms with van der Waals surface area (Å²) in [6.07, 6.45) is -1.20. The SMILES string of the molecule is O=C(O)NCC[SH](=O)=O. The van der Waals surface area contributed by atoms with E-state index in [0.717, 1.165) is 0 Å². The monoisotopic (exact) mass is 153 g/mol. The molecular weight excluding hydrogens is 146 g/mol. The van der Waals surface area contributed by atoms with Gasteiger partial charge < -0.3 is 10.4 Å². The summed E-state index contributed by atoms with van der Waals surface area (Å²) < 4.78 is 19.6. The van der Waals surface area contributed by atoms with Crippen LogP contribution < -0.4 is 5.32 Å². The first-order valence-corrected chi connectivity index (χ1v) is 3.58. The molecule has 9 heavy (non-hydrogen) atoms. The summed E-state index contributed by atoms with van der Waals surface area (Å²) in [5.41, 5.74) is 0. The van der Waals surface area contributed by atoms with Crippen LogP contribution in [0, 0.1) is 0 Å². The molecule has 6 heteroatoms. The number of amides is 1. The van der Waals surface area contributed by atoms with E-state index in [2.05, 4.69) is 0 Å². The normalized spacial score (nSPS) is 9.44. The van der Waals surface area contributed by atoms with Crippen LogP contribution >= 0.6 is 0 Å². The van der Waals surface area contributed by atoms with Crippen LogP contribution in [0.25, 0.3) is 0 Å². The Balaban J connectivity index is 3.21. The van der Waals surface area contributed by atoms with Gasteiger partial charge in [0.15, 0.2) is 0 Å². The third kappa shape index (κ3) is 7.22. The predicted molar refractivity (Wildman–Crippen MR) is 31.2 cm³/mol. The van der Waals surface area contributed by atoms with E-state index in [1.807, 2.05) is 5.32 Å². The molecule has 0 saturated heterocycles. The minimum absolute atomic E-state index is 0.0337. The molecule has 0 atom stereocenters. The highest BCUT2D eigenvalue weighted by Crippen LogP contribution is 1.64. The Morgan fingerprint density at radius 3 is 2.44 bits per heavy atom. The van der Waals surface area contributed by atoms with Gasteiger partial charge in [-0.15, -0.1) is 0 Å². The predicted octanol–water partition coefficient (Wildman–Crippen LogP) is -1.13. The molecule has 0 aliphatic heterocycles. The highest BCUT2D eigenvalue weighted by atomic mass is 32.2. The third-order valence-corrected chi connectivity index (χ3v) is 1.16. The lowest BCUT2D eigenvalue weighted by Crippen LogP contribution is -2.24. The number of nitrogens with one attached hydrogen (secondary N) is 1. The van der Waals surface area contributed by atoms with Crippen LogP contribution in [-0.2, 0) is 10.7 Å². The summed E-state index contributed by atoms with van der Waals surface area (Å²) in [5, 5.41) is 9.83. The van der Waals surface area contributed by atoms with E-state index in [1.54, 1.807) is 0 Å². The van der Waals surface area contributed by atoms with Gasteiger partial charge in [-0.2, -0.15) is 0 Å². The second kappa shape index (κ2) is 4.13. The molecule has 2 N–H and O–H groups in total. The van der Waals surface area contributed by atoms with Crippen molar-refractivity contribution in [3.63, 3.8) is 0 Å². The largest absolute Gasteiger partial charge is 0.465 e. The van der Waals surface area contributed by atoms with Crippen molar-refractivity contribution in [2.45, 2.75) is 0 Å². The average Bonchev–Trinajstić information content (AvgIpc) is 1.63. The number of carboxylic acid groups (broad SMARTS) is 1. The summed E-state index contributed by atoms with van der Waals surface area (Å²) in [5.74, 6) is -0.137. The van der Waals surface area contributed by atoms with Crippen molar-refractivity contribution >= 4 is 16.8 Å². The van der Waals surface area contributed by atoms with Gasteiger partial charge in [0.1, 0.15) is 10.7 Å². The third-order valence-electron chi connectivity index (χ3n) is 0.571. The lowest BCUT2D eigenvalue weighted by molar-refractivity contribution is 0.195. The first kappa shape index (κ1) is 8.22. The Kier molecular flexibility index (Phi) is 3.78. The Hall–Kier alpha value is -0.780. The van der Waals surface area contributed by atoms with Gasteiger partial charge >= 0.3 is 6.09 Å². The second-order valence-electron chi connectivity index (χ2n) is 1.29.